The number of carboxylic acid groups (broad SMARTS) is 1. The molecule has 6 heteroatoms. The third kappa shape index (κ3) is 2.85. The summed E-state index contributed by atoms with van der Waals surface area (Å²) >= 11 is 0. The molecular formula is C14H15N3O3. The Morgan fingerprint density at radius 3 is 2.50 bits per heavy atom. The highest BCUT2D eigenvalue weighted by Gasteiger charge is 2.12. The van der Waals surface area contributed by atoms with E-state index in [1.807, 2.05) is 43.3 Å². The Kier molecular flexibility index (Phi) is 3.84. The second kappa shape index (κ2) is 5.56. The Labute approximate surface area is 116 Å². The Morgan fingerprint density at radius 2 is 2.00 bits per heavy atom. The molecule has 20 heavy (non-hydrogen) atoms. The fourth-order valence-electron chi connectivity index (χ4n) is 1.88. The zero-order valence-corrected chi connectivity index (χ0v) is 11.3. The van der Waals surface area contributed by atoms with Gasteiger partial charge in [0.25, 0.3) is 0 Å². The maximum atomic E-state index is 11.1. The summed E-state index contributed by atoms with van der Waals surface area (Å²) in [6.45, 7) is -0.267. The van der Waals surface area contributed by atoms with Crippen LogP contribution in [0.4, 0.5) is 5.69 Å². The third-order valence-electron chi connectivity index (χ3n) is 2.87. The van der Waals surface area contributed by atoms with Gasteiger partial charge >= 0.3 is 5.97 Å². The van der Waals surface area contributed by atoms with Gasteiger partial charge in [-0.1, -0.05) is 12.1 Å². The number of nitrogens with zero attached hydrogens (tertiary/aromatic N) is 3. The molecule has 0 aliphatic rings. The minimum absolute atomic E-state index is 0.267. The van der Waals surface area contributed by atoms with Gasteiger partial charge in [0.05, 0.1) is 5.56 Å². The molecule has 1 heterocycles. The normalized spacial score (nSPS) is 10.3. The van der Waals surface area contributed by atoms with E-state index < -0.39 is 5.97 Å². The van der Waals surface area contributed by atoms with Crippen LogP contribution in [0.2, 0.25) is 0 Å². The van der Waals surface area contributed by atoms with E-state index >= 15 is 0 Å². The van der Waals surface area contributed by atoms with Gasteiger partial charge in [0.1, 0.15) is 12.2 Å². The van der Waals surface area contributed by atoms with Crippen molar-refractivity contribution in [2.24, 2.45) is 0 Å². The largest absolute Gasteiger partial charge is 0.480 e. The first-order valence-corrected chi connectivity index (χ1v) is 6.03. The van der Waals surface area contributed by atoms with Gasteiger partial charge in [-0.2, -0.15) is 5.10 Å². The molecule has 0 radical (unpaired) electrons. The number of anilines is 1. The van der Waals surface area contributed by atoms with E-state index in [0.717, 1.165) is 11.3 Å². The molecular weight excluding hydrogens is 258 g/mol. The first-order valence-electron chi connectivity index (χ1n) is 6.03. The van der Waals surface area contributed by atoms with Crippen molar-refractivity contribution in [1.82, 2.24) is 9.78 Å². The second-order valence-electron chi connectivity index (χ2n) is 4.58. The molecule has 2 rings (SSSR count). The second-order valence-corrected chi connectivity index (χ2v) is 4.58. The van der Waals surface area contributed by atoms with E-state index in [0.29, 0.717) is 17.5 Å². The smallest absolute Gasteiger partial charge is 0.325 e. The highest BCUT2D eigenvalue weighted by Crippen LogP contribution is 2.23. The monoisotopic (exact) mass is 273 g/mol. The van der Waals surface area contributed by atoms with Gasteiger partial charge in [-0.05, 0) is 12.1 Å². The molecule has 1 aromatic heterocycles. The Hall–Kier alpha value is -2.63. The predicted octanol–water partition coefficient (Wildman–Crippen LogP) is 1.51. The highest BCUT2D eigenvalue weighted by molar-refractivity contribution is 5.85. The molecule has 0 amide bonds. The molecule has 6 nitrogen and oxygen atoms in total. The van der Waals surface area contributed by atoms with Crippen LogP contribution in [-0.2, 0) is 11.3 Å². The lowest BCUT2D eigenvalue weighted by molar-refractivity contribution is -0.137. The van der Waals surface area contributed by atoms with Crippen molar-refractivity contribution >= 4 is 17.9 Å². The summed E-state index contributed by atoms with van der Waals surface area (Å²) in [6.07, 6.45) is 2.12. The third-order valence-corrected chi connectivity index (χ3v) is 2.87. The van der Waals surface area contributed by atoms with Crippen molar-refractivity contribution in [2.45, 2.75) is 6.54 Å². The number of benzene rings is 1. The van der Waals surface area contributed by atoms with E-state index in [4.69, 9.17) is 5.11 Å². The topological polar surface area (TPSA) is 75.4 Å². The SMILES string of the molecule is CN(C)c1ccc(-c2nn(CC(=O)O)cc2C=O)cc1. The summed E-state index contributed by atoms with van der Waals surface area (Å²) in [7, 11) is 3.88. The van der Waals surface area contributed by atoms with E-state index in [9.17, 15) is 9.59 Å². The molecule has 2 aromatic rings. The van der Waals surface area contributed by atoms with E-state index in [1.165, 1.54) is 10.9 Å². The van der Waals surface area contributed by atoms with Gasteiger partial charge in [0.2, 0.25) is 0 Å². The van der Waals surface area contributed by atoms with Crippen LogP contribution in [-0.4, -0.2) is 41.2 Å². The van der Waals surface area contributed by atoms with E-state index in [2.05, 4.69) is 5.10 Å². The number of carbonyl (C=O) groups is 2. The molecule has 1 N–H and O–H groups in total. The van der Waals surface area contributed by atoms with Crippen molar-refractivity contribution < 1.29 is 14.7 Å². The minimum Gasteiger partial charge on any atom is -0.480 e. The van der Waals surface area contributed by atoms with Crippen LogP contribution in [0.15, 0.2) is 30.5 Å². The molecule has 1 aromatic carbocycles. The minimum atomic E-state index is -1.00. The van der Waals surface area contributed by atoms with Gasteiger partial charge < -0.3 is 10.0 Å². The molecule has 0 aliphatic heterocycles. The number of aromatic nitrogens is 2. The van der Waals surface area contributed by atoms with Crippen LogP contribution in [0, 0.1) is 0 Å². The lowest BCUT2D eigenvalue weighted by Crippen LogP contribution is -2.09. The number of hydrogen-bond donors (Lipinski definition) is 1. The highest BCUT2D eigenvalue weighted by atomic mass is 16.4. The summed E-state index contributed by atoms with van der Waals surface area (Å²) in [5.41, 5.74) is 2.68. The summed E-state index contributed by atoms with van der Waals surface area (Å²) < 4.78 is 1.25. The van der Waals surface area contributed by atoms with Gasteiger partial charge in [-0.3, -0.25) is 14.3 Å². The van der Waals surface area contributed by atoms with Crippen LogP contribution < -0.4 is 4.90 Å². The average molecular weight is 273 g/mol. The van der Waals surface area contributed by atoms with Gasteiger partial charge in [-0.25, -0.2) is 0 Å². The number of rotatable bonds is 5. The number of carbonyl (C=O) groups excluding carboxylic acids is 1. The predicted molar refractivity (Wildman–Crippen MR) is 75.0 cm³/mol. The van der Waals surface area contributed by atoms with Crippen molar-refractivity contribution in [3.05, 3.63) is 36.0 Å². The average Bonchev–Trinajstić information content (AvgIpc) is 2.81. The molecule has 104 valence electrons. The van der Waals surface area contributed by atoms with Crippen molar-refractivity contribution in [2.75, 3.05) is 19.0 Å². The fourth-order valence-corrected chi connectivity index (χ4v) is 1.88. The Balaban J connectivity index is 2.38. The van der Waals surface area contributed by atoms with Crippen LogP contribution in [0.3, 0.4) is 0 Å². The Bertz CT molecular complexity index is 630. The summed E-state index contributed by atoms with van der Waals surface area (Å²) in [5, 5.41) is 12.9. The maximum absolute atomic E-state index is 11.1. The standard InChI is InChI=1S/C14H15N3O3/c1-16(2)12-5-3-10(4-6-12)14-11(9-18)7-17(15-14)8-13(19)20/h3-7,9H,8H2,1-2H3,(H,19,20). The number of aldehydes is 1. The quantitative estimate of drug-likeness (QED) is 0.836. The zero-order valence-electron chi connectivity index (χ0n) is 11.3. The summed E-state index contributed by atoms with van der Waals surface area (Å²) in [6, 6.07) is 7.55. The van der Waals surface area contributed by atoms with E-state index in [-0.39, 0.29) is 6.54 Å². The fraction of sp³-hybridized carbons (Fsp3) is 0.214. The Morgan fingerprint density at radius 1 is 1.35 bits per heavy atom. The van der Waals surface area contributed by atoms with Gasteiger partial charge in [-0.15, -0.1) is 0 Å². The zero-order chi connectivity index (χ0) is 14.7. The van der Waals surface area contributed by atoms with Crippen LogP contribution in [0.25, 0.3) is 11.3 Å². The first kappa shape index (κ1) is 13.8. The molecule has 0 unspecified atom stereocenters. The number of hydrogen-bond acceptors (Lipinski definition) is 4. The van der Waals surface area contributed by atoms with Crippen molar-refractivity contribution in [3.63, 3.8) is 0 Å². The van der Waals surface area contributed by atoms with Crippen LogP contribution in [0.5, 0.6) is 0 Å². The molecule has 0 fully saturated rings. The maximum Gasteiger partial charge on any atom is 0.325 e. The molecule has 0 spiro atoms. The molecule has 0 saturated heterocycles. The summed E-state index contributed by atoms with van der Waals surface area (Å²) in [5.74, 6) is -1.00. The first-order chi connectivity index (χ1) is 9.51. The van der Waals surface area contributed by atoms with Crippen molar-refractivity contribution in [1.29, 1.82) is 0 Å². The molecule has 0 atom stereocenters. The lowest BCUT2D eigenvalue weighted by Gasteiger charge is -2.12. The number of aliphatic carboxylic acids is 1. The van der Waals surface area contributed by atoms with Crippen molar-refractivity contribution in [3.8, 4) is 11.3 Å². The van der Waals surface area contributed by atoms with Crippen LogP contribution in [0.1, 0.15) is 10.4 Å². The molecule has 0 bridgehead atoms. The molecule has 0 aliphatic carbocycles. The van der Waals surface area contributed by atoms with Crippen LogP contribution >= 0.6 is 0 Å². The number of carboxylic acids is 1. The lowest BCUT2D eigenvalue weighted by atomic mass is 10.1. The van der Waals surface area contributed by atoms with Gasteiger partial charge in [0.15, 0.2) is 6.29 Å². The summed E-state index contributed by atoms with van der Waals surface area (Å²) in [4.78, 5) is 23.7. The van der Waals surface area contributed by atoms with Gasteiger partial charge in [0, 0.05) is 31.5 Å². The molecule has 0 saturated carbocycles. The van der Waals surface area contributed by atoms with E-state index in [1.54, 1.807) is 0 Å².